The summed E-state index contributed by atoms with van der Waals surface area (Å²) < 4.78 is 5.29. The van der Waals surface area contributed by atoms with E-state index in [1.54, 1.807) is 7.11 Å². The van der Waals surface area contributed by atoms with E-state index in [2.05, 4.69) is 115 Å². The van der Waals surface area contributed by atoms with Crippen LogP contribution in [0.4, 0.5) is 0 Å². The number of hydrogen-bond donors (Lipinski definition) is 0. The second-order valence-corrected chi connectivity index (χ2v) is 11.7. The monoisotopic (exact) mass is 460 g/mol. The number of nitrogens with zero attached hydrogens (tertiary/aromatic N) is 1. The van der Waals surface area contributed by atoms with Gasteiger partial charge in [-0.3, -0.25) is 4.98 Å². The summed E-state index contributed by atoms with van der Waals surface area (Å²) in [5.41, 5.74) is 3.29. The van der Waals surface area contributed by atoms with Crippen LogP contribution in [0.3, 0.4) is 0 Å². The molecule has 0 amide bonds. The van der Waals surface area contributed by atoms with Gasteiger partial charge in [0.1, 0.15) is 28.9 Å². The van der Waals surface area contributed by atoms with E-state index in [0.717, 1.165) is 23.2 Å². The largest absolute Gasteiger partial charge is 0.497 e. The highest BCUT2D eigenvalue weighted by Crippen LogP contribution is 2.58. The number of ether oxygens (including phenoxy) is 1. The van der Waals surface area contributed by atoms with Gasteiger partial charge < -0.3 is 4.74 Å². The van der Waals surface area contributed by atoms with Crippen LogP contribution in [0, 0.1) is 0 Å². The van der Waals surface area contributed by atoms with E-state index in [1.165, 1.54) is 21.5 Å². The first-order valence-electron chi connectivity index (χ1n) is 11.4. The predicted octanol–water partition coefficient (Wildman–Crippen LogP) is 6.25. The van der Waals surface area contributed by atoms with Gasteiger partial charge in [0.25, 0.3) is 0 Å². The van der Waals surface area contributed by atoms with Gasteiger partial charge in [-0.15, -0.1) is 0 Å². The lowest BCUT2D eigenvalue weighted by Crippen LogP contribution is -2.32. The highest BCUT2D eigenvalue weighted by atomic mass is 31.2. The van der Waals surface area contributed by atoms with Crippen molar-refractivity contribution in [2.45, 2.75) is 6.16 Å². The number of hydrogen-bond acceptors (Lipinski definition) is 2. The smallest absolute Gasteiger partial charge is 0.118 e. The van der Waals surface area contributed by atoms with Crippen LogP contribution >= 0.6 is 7.26 Å². The van der Waals surface area contributed by atoms with Gasteiger partial charge in [0.15, 0.2) is 0 Å². The molecule has 0 radical (unpaired) electrons. The third-order valence-corrected chi connectivity index (χ3v) is 10.6. The van der Waals surface area contributed by atoms with E-state index in [1.807, 2.05) is 18.3 Å². The molecule has 0 saturated heterocycles. The molecule has 0 N–H and O–H groups in total. The molecule has 1 aromatic heterocycles. The molecule has 0 saturated carbocycles. The average Bonchev–Trinajstić information content (AvgIpc) is 2.94. The van der Waals surface area contributed by atoms with E-state index >= 15 is 0 Å². The Morgan fingerprint density at radius 1 is 0.588 bits per heavy atom. The quantitative estimate of drug-likeness (QED) is 0.268. The van der Waals surface area contributed by atoms with Crippen LogP contribution in [0.1, 0.15) is 5.56 Å². The van der Waals surface area contributed by atoms with Gasteiger partial charge in [0.05, 0.1) is 19.0 Å². The van der Waals surface area contributed by atoms with Crippen molar-refractivity contribution in [1.82, 2.24) is 4.98 Å². The van der Waals surface area contributed by atoms with Crippen molar-refractivity contribution in [2.24, 2.45) is 0 Å². The van der Waals surface area contributed by atoms with Crippen LogP contribution in [-0.4, -0.2) is 12.1 Å². The SMILES string of the molecule is COc1ccc(-c2ccc(C[P+](c3ccccc3)(c3ccccc3)c3ccccc3)cn2)cc1. The summed E-state index contributed by atoms with van der Waals surface area (Å²) in [6, 6.07) is 45.3. The minimum Gasteiger partial charge on any atom is -0.497 e. The van der Waals surface area contributed by atoms with Crippen LogP contribution in [0.5, 0.6) is 5.75 Å². The Hall–Kier alpha value is -3.74. The lowest BCUT2D eigenvalue weighted by Gasteiger charge is -2.27. The molecule has 0 fully saturated rings. The molecule has 3 heteroatoms. The van der Waals surface area contributed by atoms with Gasteiger partial charge in [-0.2, -0.15) is 0 Å². The zero-order valence-electron chi connectivity index (χ0n) is 19.2. The maximum absolute atomic E-state index is 5.29. The summed E-state index contributed by atoms with van der Waals surface area (Å²) in [4.78, 5) is 4.85. The molecule has 0 spiro atoms. The Labute approximate surface area is 202 Å². The van der Waals surface area contributed by atoms with Gasteiger partial charge >= 0.3 is 0 Å². The van der Waals surface area contributed by atoms with Crippen LogP contribution in [0.15, 0.2) is 134 Å². The van der Waals surface area contributed by atoms with E-state index in [9.17, 15) is 0 Å². The van der Waals surface area contributed by atoms with Crippen molar-refractivity contribution >= 4 is 23.2 Å². The zero-order valence-corrected chi connectivity index (χ0v) is 20.1. The maximum Gasteiger partial charge on any atom is 0.118 e. The molecule has 5 rings (SSSR count). The first-order chi connectivity index (χ1) is 16.8. The van der Waals surface area contributed by atoms with E-state index < -0.39 is 7.26 Å². The topological polar surface area (TPSA) is 22.1 Å². The number of pyridine rings is 1. The molecule has 0 aliphatic heterocycles. The van der Waals surface area contributed by atoms with Gasteiger partial charge in [-0.25, -0.2) is 0 Å². The summed E-state index contributed by atoms with van der Waals surface area (Å²) in [5, 5.41) is 4.14. The summed E-state index contributed by atoms with van der Waals surface area (Å²) in [6.07, 6.45) is 2.96. The lowest BCUT2D eigenvalue weighted by atomic mass is 10.1. The normalized spacial score (nSPS) is 11.2. The minimum atomic E-state index is -1.93. The van der Waals surface area contributed by atoms with Crippen LogP contribution in [0.2, 0.25) is 0 Å². The Morgan fingerprint density at radius 3 is 1.50 bits per heavy atom. The number of rotatable bonds is 7. The minimum absolute atomic E-state index is 0.850. The standard InChI is InChI=1S/C31H27NOP/c1-33-27-20-18-26(19-21-27)31-22-17-25(23-32-31)24-34(28-11-5-2-6-12-28,29-13-7-3-8-14-29)30-15-9-4-10-16-30/h2-23H,24H2,1H3/q+1. The molecule has 1 heterocycles. The summed E-state index contributed by atoms with van der Waals surface area (Å²) in [5.74, 6) is 0.850. The Bertz CT molecular complexity index is 1220. The molecule has 5 aromatic rings. The third-order valence-electron chi connectivity index (χ3n) is 6.22. The number of aromatic nitrogens is 1. The van der Waals surface area contributed by atoms with Crippen molar-refractivity contribution < 1.29 is 4.74 Å². The molecule has 34 heavy (non-hydrogen) atoms. The van der Waals surface area contributed by atoms with E-state index in [0.29, 0.717) is 0 Å². The second-order valence-electron chi connectivity index (χ2n) is 8.25. The summed E-state index contributed by atoms with van der Waals surface area (Å²) in [6.45, 7) is 0. The van der Waals surface area contributed by atoms with Crippen LogP contribution < -0.4 is 20.7 Å². The molecule has 0 atom stereocenters. The second kappa shape index (κ2) is 10.0. The summed E-state index contributed by atoms with van der Waals surface area (Å²) in [7, 11) is -0.245. The fraction of sp³-hybridized carbons (Fsp3) is 0.0645. The van der Waals surface area contributed by atoms with Crippen molar-refractivity contribution in [3.63, 3.8) is 0 Å². The van der Waals surface area contributed by atoms with Crippen molar-refractivity contribution in [2.75, 3.05) is 7.11 Å². The molecule has 0 aliphatic rings. The molecule has 4 aromatic carbocycles. The Balaban J connectivity index is 1.60. The lowest BCUT2D eigenvalue weighted by molar-refractivity contribution is 0.415. The molecular formula is C31H27NOP+. The van der Waals surface area contributed by atoms with Crippen LogP contribution in [-0.2, 0) is 6.16 Å². The first kappa shape index (κ1) is 22.1. The van der Waals surface area contributed by atoms with E-state index in [-0.39, 0.29) is 0 Å². The fourth-order valence-electron chi connectivity index (χ4n) is 4.49. The first-order valence-corrected chi connectivity index (χ1v) is 13.4. The van der Waals surface area contributed by atoms with Crippen molar-refractivity contribution in [1.29, 1.82) is 0 Å². The van der Waals surface area contributed by atoms with Crippen molar-refractivity contribution in [3.05, 3.63) is 139 Å². The molecule has 0 bridgehead atoms. The molecule has 166 valence electrons. The number of methoxy groups -OCH3 is 1. The zero-order chi connectivity index (χ0) is 23.2. The Morgan fingerprint density at radius 2 is 1.09 bits per heavy atom. The molecule has 2 nitrogen and oxygen atoms in total. The van der Waals surface area contributed by atoms with Gasteiger partial charge in [-0.1, -0.05) is 60.7 Å². The van der Waals surface area contributed by atoms with Gasteiger partial charge in [-0.05, 0) is 66.7 Å². The Kier molecular flexibility index (Phi) is 6.51. The highest BCUT2D eigenvalue weighted by Gasteiger charge is 2.45. The average molecular weight is 461 g/mol. The van der Waals surface area contributed by atoms with Crippen LogP contribution in [0.25, 0.3) is 11.3 Å². The molecule has 0 unspecified atom stereocenters. The molecular weight excluding hydrogens is 433 g/mol. The van der Waals surface area contributed by atoms with E-state index in [4.69, 9.17) is 9.72 Å². The highest BCUT2D eigenvalue weighted by molar-refractivity contribution is 7.95. The third kappa shape index (κ3) is 4.38. The molecule has 0 aliphatic carbocycles. The van der Waals surface area contributed by atoms with Gasteiger partial charge in [0, 0.05) is 17.3 Å². The predicted molar refractivity (Wildman–Crippen MR) is 145 cm³/mol. The summed E-state index contributed by atoms with van der Waals surface area (Å²) >= 11 is 0. The van der Waals surface area contributed by atoms with Crippen molar-refractivity contribution in [3.8, 4) is 17.0 Å². The maximum atomic E-state index is 5.29. The van der Waals surface area contributed by atoms with Gasteiger partial charge in [0.2, 0.25) is 0 Å². The fourth-order valence-corrected chi connectivity index (χ4v) is 8.71. The number of benzene rings is 4.